The van der Waals surface area contributed by atoms with E-state index >= 15 is 0 Å². The van der Waals surface area contributed by atoms with Crippen molar-refractivity contribution in [2.75, 3.05) is 7.11 Å². The molecule has 0 aliphatic rings. The van der Waals surface area contributed by atoms with Gasteiger partial charge < -0.3 is 10.1 Å². The van der Waals surface area contributed by atoms with Gasteiger partial charge in [0.25, 0.3) is 0 Å². The zero-order valence-electron chi connectivity index (χ0n) is 13.5. The normalized spacial score (nSPS) is 12.2. The molecule has 0 spiro atoms. The Morgan fingerprint density at radius 2 is 1.65 bits per heavy atom. The highest BCUT2D eigenvalue weighted by Crippen LogP contribution is 2.09. The minimum Gasteiger partial charge on any atom is -0.467 e. The van der Waals surface area contributed by atoms with Gasteiger partial charge in [-0.2, -0.15) is 0 Å². The average Bonchev–Trinajstić information content (AvgIpc) is 2.40. The maximum atomic E-state index is 11.8. The molecule has 0 aromatic rings. The van der Waals surface area contributed by atoms with E-state index in [2.05, 4.69) is 12.2 Å². The van der Waals surface area contributed by atoms with Gasteiger partial charge in [-0.25, -0.2) is 4.79 Å². The minimum absolute atomic E-state index is 0.0449. The topological polar surface area (TPSA) is 55.4 Å². The largest absolute Gasteiger partial charge is 0.467 e. The molecule has 118 valence electrons. The maximum absolute atomic E-state index is 11.8. The molecule has 1 N–H and O–H groups in total. The molecular weight excluding hydrogens is 254 g/mol. The second-order valence-electron chi connectivity index (χ2n) is 5.79. The summed E-state index contributed by atoms with van der Waals surface area (Å²) in [5, 5.41) is 2.79. The van der Waals surface area contributed by atoms with Crippen LogP contribution in [0, 0.1) is 5.92 Å². The number of rotatable bonds is 11. The van der Waals surface area contributed by atoms with Gasteiger partial charge in [-0.15, -0.1) is 0 Å². The molecule has 1 unspecified atom stereocenters. The number of amides is 1. The molecule has 0 saturated carbocycles. The summed E-state index contributed by atoms with van der Waals surface area (Å²) in [7, 11) is 1.36. The Balaban J connectivity index is 3.92. The fraction of sp³-hybridized carbons (Fsp3) is 0.875. The van der Waals surface area contributed by atoms with Gasteiger partial charge in [0, 0.05) is 6.42 Å². The van der Waals surface area contributed by atoms with Crippen LogP contribution >= 0.6 is 0 Å². The quantitative estimate of drug-likeness (QED) is 0.467. The first-order valence-electron chi connectivity index (χ1n) is 7.88. The predicted octanol–water partition coefficient (Wildman–Crippen LogP) is 3.44. The lowest BCUT2D eigenvalue weighted by Crippen LogP contribution is -2.42. The van der Waals surface area contributed by atoms with Crippen molar-refractivity contribution in [2.24, 2.45) is 5.92 Å². The summed E-state index contributed by atoms with van der Waals surface area (Å²) in [5.41, 5.74) is 0. The van der Waals surface area contributed by atoms with E-state index in [0.717, 1.165) is 12.8 Å². The Morgan fingerprint density at radius 3 is 2.20 bits per heavy atom. The Hall–Kier alpha value is -1.06. The molecule has 0 fully saturated rings. The van der Waals surface area contributed by atoms with Crippen molar-refractivity contribution in [3.8, 4) is 0 Å². The van der Waals surface area contributed by atoms with Crippen LogP contribution in [0.1, 0.15) is 72.1 Å². The molecule has 0 aromatic heterocycles. The summed E-state index contributed by atoms with van der Waals surface area (Å²) in [6.07, 6.45) is 8.03. The Labute approximate surface area is 123 Å². The van der Waals surface area contributed by atoms with Crippen LogP contribution in [0.15, 0.2) is 0 Å². The number of carbonyl (C=O) groups is 2. The zero-order valence-corrected chi connectivity index (χ0v) is 13.5. The Kier molecular flexibility index (Phi) is 11.1. The lowest BCUT2D eigenvalue weighted by molar-refractivity contribution is -0.145. The molecule has 0 bridgehead atoms. The summed E-state index contributed by atoms with van der Waals surface area (Å²) < 4.78 is 4.73. The third-order valence-corrected chi connectivity index (χ3v) is 3.29. The average molecular weight is 285 g/mol. The fourth-order valence-electron chi connectivity index (χ4n) is 2.16. The van der Waals surface area contributed by atoms with Gasteiger partial charge in [0.2, 0.25) is 5.91 Å². The van der Waals surface area contributed by atoms with Crippen molar-refractivity contribution in [3.63, 3.8) is 0 Å². The molecule has 0 heterocycles. The number of hydrogen-bond acceptors (Lipinski definition) is 3. The van der Waals surface area contributed by atoms with Gasteiger partial charge in [0.05, 0.1) is 7.11 Å². The number of unbranched alkanes of at least 4 members (excludes halogenated alkanes) is 5. The van der Waals surface area contributed by atoms with E-state index in [1.54, 1.807) is 0 Å². The molecule has 4 nitrogen and oxygen atoms in total. The summed E-state index contributed by atoms with van der Waals surface area (Å²) in [5.74, 6) is -0.0556. The van der Waals surface area contributed by atoms with Crippen LogP contribution in [0.3, 0.4) is 0 Å². The monoisotopic (exact) mass is 285 g/mol. The van der Waals surface area contributed by atoms with E-state index in [0.29, 0.717) is 18.8 Å². The van der Waals surface area contributed by atoms with Gasteiger partial charge in [-0.1, -0.05) is 52.9 Å². The molecule has 1 amide bonds. The SMILES string of the molecule is CCCCCCCCC(=O)NC(CC(C)C)C(=O)OC. The number of carbonyl (C=O) groups excluding carboxylic acids is 2. The van der Waals surface area contributed by atoms with Crippen LogP contribution in [0.2, 0.25) is 0 Å². The third-order valence-electron chi connectivity index (χ3n) is 3.29. The van der Waals surface area contributed by atoms with E-state index in [9.17, 15) is 9.59 Å². The van der Waals surface area contributed by atoms with Crippen molar-refractivity contribution >= 4 is 11.9 Å². The summed E-state index contributed by atoms with van der Waals surface area (Å²) in [4.78, 5) is 23.4. The van der Waals surface area contributed by atoms with Crippen molar-refractivity contribution in [1.82, 2.24) is 5.32 Å². The van der Waals surface area contributed by atoms with Crippen LogP contribution in [-0.4, -0.2) is 25.0 Å². The Bertz CT molecular complexity index is 277. The molecule has 20 heavy (non-hydrogen) atoms. The highest BCUT2D eigenvalue weighted by Gasteiger charge is 2.22. The highest BCUT2D eigenvalue weighted by atomic mass is 16.5. The number of ether oxygens (including phenoxy) is 1. The summed E-state index contributed by atoms with van der Waals surface area (Å²) in [6.45, 7) is 6.24. The first-order valence-corrected chi connectivity index (χ1v) is 7.88. The van der Waals surface area contributed by atoms with Crippen molar-refractivity contribution < 1.29 is 14.3 Å². The molecule has 0 rings (SSSR count). The second-order valence-corrected chi connectivity index (χ2v) is 5.79. The third kappa shape index (κ3) is 9.82. The lowest BCUT2D eigenvalue weighted by atomic mass is 10.0. The van der Waals surface area contributed by atoms with Crippen LogP contribution < -0.4 is 5.32 Å². The van der Waals surface area contributed by atoms with Crippen LogP contribution in [0.5, 0.6) is 0 Å². The van der Waals surface area contributed by atoms with Crippen molar-refractivity contribution in [3.05, 3.63) is 0 Å². The maximum Gasteiger partial charge on any atom is 0.328 e. The predicted molar refractivity (Wildman–Crippen MR) is 81.4 cm³/mol. The molecule has 0 saturated heterocycles. The number of esters is 1. The van der Waals surface area contributed by atoms with E-state index in [1.165, 1.54) is 32.8 Å². The zero-order chi connectivity index (χ0) is 15.4. The van der Waals surface area contributed by atoms with Gasteiger partial charge in [0.1, 0.15) is 6.04 Å². The summed E-state index contributed by atoms with van der Waals surface area (Å²) in [6, 6.07) is -0.507. The molecule has 0 radical (unpaired) electrons. The standard InChI is InChI=1S/C16H31NO3/c1-5-6-7-8-9-10-11-15(18)17-14(12-13(2)3)16(19)20-4/h13-14H,5-12H2,1-4H3,(H,17,18). The highest BCUT2D eigenvalue weighted by molar-refractivity contribution is 5.84. The van der Waals surface area contributed by atoms with E-state index in [1.807, 2.05) is 13.8 Å². The number of nitrogens with one attached hydrogen (secondary N) is 1. The fourth-order valence-corrected chi connectivity index (χ4v) is 2.16. The van der Waals surface area contributed by atoms with Gasteiger partial charge in [-0.3, -0.25) is 4.79 Å². The van der Waals surface area contributed by atoms with Crippen LogP contribution in [-0.2, 0) is 14.3 Å². The molecule has 0 aliphatic heterocycles. The first kappa shape index (κ1) is 18.9. The molecule has 4 heteroatoms. The second kappa shape index (κ2) is 11.7. The number of hydrogen-bond donors (Lipinski definition) is 1. The van der Waals surface area contributed by atoms with Crippen molar-refractivity contribution in [2.45, 2.75) is 78.2 Å². The van der Waals surface area contributed by atoms with E-state index in [-0.39, 0.29) is 11.9 Å². The minimum atomic E-state index is -0.507. The van der Waals surface area contributed by atoms with Crippen molar-refractivity contribution in [1.29, 1.82) is 0 Å². The van der Waals surface area contributed by atoms with Gasteiger partial charge in [0.15, 0.2) is 0 Å². The number of methoxy groups -OCH3 is 1. The smallest absolute Gasteiger partial charge is 0.328 e. The summed E-state index contributed by atoms with van der Waals surface area (Å²) >= 11 is 0. The first-order chi connectivity index (χ1) is 9.51. The van der Waals surface area contributed by atoms with E-state index < -0.39 is 6.04 Å². The Morgan fingerprint density at radius 1 is 1.05 bits per heavy atom. The molecule has 0 aromatic carbocycles. The molecule has 0 aliphatic carbocycles. The lowest BCUT2D eigenvalue weighted by Gasteiger charge is -2.18. The molecular formula is C16H31NO3. The van der Waals surface area contributed by atoms with Gasteiger partial charge >= 0.3 is 5.97 Å². The van der Waals surface area contributed by atoms with Crippen LogP contribution in [0.4, 0.5) is 0 Å². The van der Waals surface area contributed by atoms with Gasteiger partial charge in [-0.05, 0) is 18.8 Å². The molecule has 1 atom stereocenters. The van der Waals surface area contributed by atoms with Crippen LogP contribution in [0.25, 0.3) is 0 Å². The van der Waals surface area contributed by atoms with E-state index in [4.69, 9.17) is 4.74 Å².